The van der Waals surface area contributed by atoms with Crippen LogP contribution >= 0.6 is 11.3 Å². The monoisotopic (exact) mass is 475 g/mol. The summed E-state index contributed by atoms with van der Waals surface area (Å²) in [5, 5.41) is 9.08. The molecule has 1 aliphatic heterocycles. The third kappa shape index (κ3) is 4.82. The number of amides is 2. The number of rotatable bonds is 3. The van der Waals surface area contributed by atoms with Gasteiger partial charge in [0.05, 0.1) is 21.3 Å². The van der Waals surface area contributed by atoms with Gasteiger partial charge in [-0.15, -0.1) is 11.3 Å². The zero-order valence-corrected chi connectivity index (χ0v) is 18.1. The zero-order valence-electron chi connectivity index (χ0n) is 17.3. The Labute approximate surface area is 190 Å². The Morgan fingerprint density at radius 1 is 1.12 bits per heavy atom. The average molecular weight is 475 g/mol. The molecule has 3 aromatic rings. The van der Waals surface area contributed by atoms with Gasteiger partial charge >= 0.3 is 6.18 Å². The third-order valence-corrected chi connectivity index (χ3v) is 6.46. The van der Waals surface area contributed by atoms with Crippen LogP contribution in [-0.2, 0) is 6.18 Å². The number of likely N-dealkylation sites (tertiary alicyclic amines) is 1. The van der Waals surface area contributed by atoms with Gasteiger partial charge in [0.2, 0.25) is 0 Å². The summed E-state index contributed by atoms with van der Waals surface area (Å²) in [6.07, 6.45) is -3.91. The number of halogens is 3. The molecule has 7 nitrogen and oxygen atoms in total. The SMILES string of the molecule is N=C(N)NC(=O)c1ccc(C2CCN(C(=O)c3ccc4ncsc4c3)CC2)c(C(F)(F)F)c1. The number of alkyl halides is 3. The number of nitrogens with zero attached hydrogens (tertiary/aromatic N) is 2. The van der Waals surface area contributed by atoms with Crippen molar-refractivity contribution in [2.45, 2.75) is 24.9 Å². The lowest BCUT2D eigenvalue weighted by molar-refractivity contribution is -0.138. The number of hydrogen-bond donors (Lipinski definition) is 3. The molecule has 1 fully saturated rings. The summed E-state index contributed by atoms with van der Waals surface area (Å²) in [5.74, 6) is -2.09. The number of benzene rings is 2. The van der Waals surface area contributed by atoms with Crippen LogP contribution in [0.3, 0.4) is 0 Å². The maximum absolute atomic E-state index is 13.8. The fraction of sp³-hybridized carbons (Fsp3) is 0.273. The molecule has 0 unspecified atom stereocenters. The van der Waals surface area contributed by atoms with Gasteiger partial charge in [-0.3, -0.25) is 20.3 Å². The van der Waals surface area contributed by atoms with Crippen LogP contribution in [-0.4, -0.2) is 40.7 Å². The van der Waals surface area contributed by atoms with Crippen LogP contribution in [0.15, 0.2) is 41.9 Å². The molecule has 33 heavy (non-hydrogen) atoms. The third-order valence-electron chi connectivity index (χ3n) is 5.67. The molecule has 1 aromatic heterocycles. The first-order valence-electron chi connectivity index (χ1n) is 10.1. The van der Waals surface area contributed by atoms with Crippen LogP contribution in [0.5, 0.6) is 0 Å². The fourth-order valence-corrected chi connectivity index (χ4v) is 4.77. The molecule has 1 saturated heterocycles. The summed E-state index contributed by atoms with van der Waals surface area (Å²) in [6.45, 7) is 0.655. The number of carbonyl (C=O) groups is 2. The molecule has 0 atom stereocenters. The number of nitrogens with one attached hydrogen (secondary N) is 2. The van der Waals surface area contributed by atoms with E-state index in [1.165, 1.54) is 23.5 Å². The Morgan fingerprint density at radius 2 is 1.82 bits per heavy atom. The number of aromatic nitrogens is 1. The standard InChI is InChI=1S/C22H20F3N5O2S/c23-22(24,25)16-9-13(19(31)29-21(26)27)1-3-15(16)12-5-7-30(8-6-12)20(32)14-2-4-17-18(10-14)33-11-28-17/h1-4,9-12H,5-8H2,(H4,26,27,29,31). The van der Waals surface area contributed by atoms with Gasteiger partial charge in [-0.05, 0) is 54.7 Å². The summed E-state index contributed by atoms with van der Waals surface area (Å²) in [4.78, 5) is 30.7. The topological polar surface area (TPSA) is 112 Å². The van der Waals surface area contributed by atoms with Gasteiger partial charge in [0.15, 0.2) is 5.96 Å². The van der Waals surface area contributed by atoms with Crippen molar-refractivity contribution in [1.29, 1.82) is 5.41 Å². The van der Waals surface area contributed by atoms with Crippen molar-refractivity contribution in [3.8, 4) is 0 Å². The lowest BCUT2D eigenvalue weighted by Gasteiger charge is -2.33. The average Bonchev–Trinajstić information content (AvgIpc) is 3.25. The van der Waals surface area contributed by atoms with E-state index in [4.69, 9.17) is 11.1 Å². The number of thiazole rings is 1. The molecule has 0 bridgehead atoms. The van der Waals surface area contributed by atoms with Gasteiger partial charge in [-0.2, -0.15) is 13.2 Å². The van der Waals surface area contributed by atoms with E-state index in [0.717, 1.165) is 16.3 Å². The van der Waals surface area contributed by atoms with Crippen molar-refractivity contribution in [2.75, 3.05) is 13.1 Å². The molecule has 2 heterocycles. The van der Waals surface area contributed by atoms with E-state index in [2.05, 4.69) is 4.98 Å². The van der Waals surface area contributed by atoms with Crippen molar-refractivity contribution in [3.05, 3.63) is 64.2 Å². The van der Waals surface area contributed by atoms with Crippen LogP contribution < -0.4 is 11.1 Å². The van der Waals surface area contributed by atoms with Gasteiger partial charge in [0, 0.05) is 24.2 Å². The molecule has 1 aliphatic rings. The van der Waals surface area contributed by atoms with Crippen LogP contribution in [0.4, 0.5) is 13.2 Å². The number of nitrogens with two attached hydrogens (primary N) is 1. The smallest absolute Gasteiger partial charge is 0.370 e. The molecule has 2 aromatic carbocycles. The second-order valence-corrected chi connectivity index (χ2v) is 8.66. The quantitative estimate of drug-likeness (QED) is 0.393. The molecule has 4 rings (SSSR count). The first-order chi connectivity index (χ1) is 15.6. The maximum atomic E-state index is 13.8. The molecular weight excluding hydrogens is 455 g/mol. The fourth-order valence-electron chi connectivity index (χ4n) is 4.06. The molecule has 0 radical (unpaired) electrons. The number of piperidine rings is 1. The second-order valence-electron chi connectivity index (χ2n) is 7.77. The number of fused-ring (bicyclic) bond motifs is 1. The lowest BCUT2D eigenvalue weighted by atomic mass is 9.85. The number of carbonyl (C=O) groups excluding carboxylic acids is 2. The highest BCUT2D eigenvalue weighted by Gasteiger charge is 2.37. The summed E-state index contributed by atoms with van der Waals surface area (Å²) >= 11 is 1.44. The van der Waals surface area contributed by atoms with Gasteiger partial charge in [-0.1, -0.05) is 6.07 Å². The number of hydrogen-bond acceptors (Lipinski definition) is 5. The Hall–Kier alpha value is -3.47. The van der Waals surface area contributed by atoms with Crippen LogP contribution in [0.25, 0.3) is 10.2 Å². The molecular formula is C22H20F3N5O2S. The van der Waals surface area contributed by atoms with E-state index < -0.39 is 29.5 Å². The van der Waals surface area contributed by atoms with Crippen molar-refractivity contribution in [3.63, 3.8) is 0 Å². The van der Waals surface area contributed by atoms with Gasteiger partial charge in [-0.25, -0.2) is 4.98 Å². The normalized spacial score (nSPS) is 14.9. The van der Waals surface area contributed by atoms with E-state index in [1.54, 1.807) is 28.6 Å². The Bertz CT molecular complexity index is 1230. The second kappa shape index (κ2) is 8.81. The number of guanidine groups is 1. The largest absolute Gasteiger partial charge is 0.416 e. The highest BCUT2D eigenvalue weighted by Crippen LogP contribution is 2.39. The molecule has 172 valence electrons. The van der Waals surface area contributed by atoms with Crippen molar-refractivity contribution >= 4 is 39.3 Å². The van der Waals surface area contributed by atoms with Gasteiger partial charge in [0.25, 0.3) is 11.8 Å². The molecule has 4 N–H and O–H groups in total. The van der Waals surface area contributed by atoms with Gasteiger partial charge in [0.1, 0.15) is 0 Å². The lowest BCUT2D eigenvalue weighted by Crippen LogP contribution is -2.38. The molecule has 0 saturated carbocycles. The highest BCUT2D eigenvalue weighted by atomic mass is 32.1. The van der Waals surface area contributed by atoms with E-state index >= 15 is 0 Å². The van der Waals surface area contributed by atoms with Crippen molar-refractivity contribution in [2.24, 2.45) is 5.73 Å². The maximum Gasteiger partial charge on any atom is 0.416 e. The Morgan fingerprint density at radius 3 is 2.48 bits per heavy atom. The minimum atomic E-state index is -4.65. The zero-order chi connectivity index (χ0) is 23.8. The summed E-state index contributed by atoms with van der Waals surface area (Å²) < 4.78 is 42.2. The molecule has 0 spiro atoms. The molecule has 11 heteroatoms. The Balaban J connectivity index is 1.51. The van der Waals surface area contributed by atoms with Crippen molar-refractivity contribution < 1.29 is 22.8 Å². The molecule has 2 amide bonds. The predicted octanol–water partition coefficient (Wildman–Crippen LogP) is 3.96. The van der Waals surface area contributed by atoms with E-state index in [-0.39, 0.29) is 17.0 Å². The van der Waals surface area contributed by atoms with E-state index in [9.17, 15) is 22.8 Å². The minimum Gasteiger partial charge on any atom is -0.370 e. The van der Waals surface area contributed by atoms with E-state index in [0.29, 0.717) is 31.5 Å². The predicted molar refractivity (Wildman–Crippen MR) is 118 cm³/mol. The minimum absolute atomic E-state index is 0.0973. The van der Waals surface area contributed by atoms with Crippen molar-refractivity contribution in [1.82, 2.24) is 15.2 Å². The van der Waals surface area contributed by atoms with Gasteiger partial charge < -0.3 is 10.6 Å². The van der Waals surface area contributed by atoms with Crippen LogP contribution in [0, 0.1) is 5.41 Å². The van der Waals surface area contributed by atoms with Crippen LogP contribution in [0.1, 0.15) is 50.6 Å². The van der Waals surface area contributed by atoms with Crippen LogP contribution in [0.2, 0.25) is 0 Å². The highest BCUT2D eigenvalue weighted by molar-refractivity contribution is 7.16. The summed E-state index contributed by atoms with van der Waals surface area (Å²) in [7, 11) is 0. The first kappa shape index (κ1) is 22.7. The Kier molecular flexibility index (Phi) is 6.07. The first-order valence-corrected chi connectivity index (χ1v) is 11.0. The molecule has 0 aliphatic carbocycles. The summed E-state index contributed by atoms with van der Waals surface area (Å²) in [6, 6.07) is 8.67. The summed E-state index contributed by atoms with van der Waals surface area (Å²) in [5.41, 5.74) is 7.13. The van der Waals surface area contributed by atoms with E-state index in [1.807, 2.05) is 5.32 Å².